The minimum absolute atomic E-state index is 0.499. The van der Waals surface area contributed by atoms with Crippen LogP contribution in [0.5, 0.6) is 0 Å². The van der Waals surface area contributed by atoms with Crippen LogP contribution in [0.3, 0.4) is 0 Å². The van der Waals surface area contributed by atoms with Crippen LogP contribution in [0.25, 0.3) is 0 Å². The third kappa shape index (κ3) is 4.78. The first-order valence-electron chi connectivity index (χ1n) is 7.37. The van der Waals surface area contributed by atoms with Crippen molar-refractivity contribution in [3.63, 3.8) is 0 Å². The number of aryl methyl sites for hydroxylation is 2. The highest BCUT2D eigenvalue weighted by Crippen LogP contribution is 2.09. The third-order valence-corrected chi connectivity index (χ3v) is 3.43. The fraction of sp³-hybridized carbons (Fsp3) is 0.500. The maximum atomic E-state index is 4.23. The minimum Gasteiger partial charge on any atom is -0.314 e. The molecule has 20 heavy (non-hydrogen) atoms. The van der Waals surface area contributed by atoms with E-state index in [0.29, 0.717) is 6.04 Å². The molecule has 0 aromatic carbocycles. The molecule has 0 saturated carbocycles. The smallest absolute Gasteiger partial charge is 0.0521 e. The highest BCUT2D eigenvalue weighted by Gasteiger charge is 2.10. The Morgan fingerprint density at radius 3 is 2.85 bits per heavy atom. The Morgan fingerprint density at radius 1 is 1.30 bits per heavy atom. The zero-order valence-electron chi connectivity index (χ0n) is 12.4. The molecule has 1 atom stereocenters. The summed E-state index contributed by atoms with van der Waals surface area (Å²) in [6.45, 7) is 3.27. The van der Waals surface area contributed by atoms with Gasteiger partial charge in [0.2, 0.25) is 0 Å². The molecule has 0 fully saturated rings. The molecule has 1 unspecified atom stereocenters. The van der Waals surface area contributed by atoms with Gasteiger partial charge in [-0.25, -0.2) is 0 Å². The van der Waals surface area contributed by atoms with E-state index < -0.39 is 0 Å². The van der Waals surface area contributed by atoms with E-state index in [1.54, 1.807) is 0 Å². The van der Waals surface area contributed by atoms with E-state index in [1.165, 1.54) is 11.1 Å². The highest BCUT2D eigenvalue weighted by atomic mass is 15.2. The Morgan fingerprint density at radius 2 is 2.20 bits per heavy atom. The summed E-state index contributed by atoms with van der Waals surface area (Å²) in [7, 11) is 1.96. The summed E-state index contributed by atoms with van der Waals surface area (Å²) >= 11 is 0. The van der Waals surface area contributed by atoms with E-state index in [9.17, 15) is 0 Å². The van der Waals surface area contributed by atoms with E-state index in [0.717, 1.165) is 32.2 Å². The van der Waals surface area contributed by atoms with Crippen LogP contribution >= 0.6 is 0 Å². The van der Waals surface area contributed by atoms with E-state index in [1.807, 2.05) is 36.4 Å². The molecule has 2 heterocycles. The monoisotopic (exact) mass is 272 g/mol. The van der Waals surface area contributed by atoms with Gasteiger partial charge in [-0.1, -0.05) is 13.0 Å². The molecular weight excluding hydrogens is 248 g/mol. The van der Waals surface area contributed by atoms with E-state index in [-0.39, 0.29) is 0 Å². The summed E-state index contributed by atoms with van der Waals surface area (Å²) in [4.78, 5) is 4.20. The lowest BCUT2D eigenvalue weighted by atomic mass is 10.0. The largest absolute Gasteiger partial charge is 0.314 e. The summed E-state index contributed by atoms with van der Waals surface area (Å²) in [5.41, 5.74) is 2.61. The molecule has 2 aromatic rings. The van der Waals surface area contributed by atoms with Crippen molar-refractivity contribution in [1.29, 1.82) is 0 Å². The molecule has 0 radical (unpaired) electrons. The zero-order valence-corrected chi connectivity index (χ0v) is 12.4. The number of rotatable bonds is 8. The van der Waals surface area contributed by atoms with Crippen molar-refractivity contribution in [2.45, 2.75) is 38.6 Å². The summed E-state index contributed by atoms with van der Waals surface area (Å²) in [6, 6.07) is 4.66. The fourth-order valence-corrected chi connectivity index (χ4v) is 2.37. The number of pyridine rings is 1. The van der Waals surface area contributed by atoms with Crippen LogP contribution in [0.1, 0.15) is 30.9 Å². The number of hydrogen-bond acceptors (Lipinski definition) is 3. The topological polar surface area (TPSA) is 42.7 Å². The van der Waals surface area contributed by atoms with Gasteiger partial charge in [0.15, 0.2) is 0 Å². The van der Waals surface area contributed by atoms with Gasteiger partial charge in [-0.2, -0.15) is 5.10 Å². The normalized spacial score (nSPS) is 12.5. The Hall–Kier alpha value is -1.68. The standard InChI is InChI=1S/C16H24N4/c1-3-8-18-16(10-14-5-4-9-17-11-14)7-6-15-12-19-20(2)13-15/h4-5,9,11-13,16,18H,3,6-8,10H2,1-2H3. The van der Waals surface area contributed by atoms with Crippen LogP contribution in [-0.4, -0.2) is 27.4 Å². The van der Waals surface area contributed by atoms with Gasteiger partial charge in [0.25, 0.3) is 0 Å². The van der Waals surface area contributed by atoms with Crippen LogP contribution in [0, 0.1) is 0 Å². The highest BCUT2D eigenvalue weighted by molar-refractivity contribution is 5.11. The Bertz CT molecular complexity index is 492. The lowest BCUT2D eigenvalue weighted by Gasteiger charge is -2.18. The van der Waals surface area contributed by atoms with Crippen molar-refractivity contribution in [2.24, 2.45) is 7.05 Å². The predicted molar refractivity (Wildman–Crippen MR) is 81.6 cm³/mol. The van der Waals surface area contributed by atoms with Crippen LogP contribution in [0.4, 0.5) is 0 Å². The number of hydrogen-bond donors (Lipinski definition) is 1. The van der Waals surface area contributed by atoms with Crippen molar-refractivity contribution in [3.05, 3.63) is 48.0 Å². The minimum atomic E-state index is 0.499. The molecule has 4 heteroatoms. The molecule has 2 aromatic heterocycles. The Kier molecular flexibility index (Phi) is 5.74. The average Bonchev–Trinajstić information content (AvgIpc) is 2.88. The van der Waals surface area contributed by atoms with E-state index >= 15 is 0 Å². The first-order chi connectivity index (χ1) is 9.78. The van der Waals surface area contributed by atoms with Gasteiger partial charge < -0.3 is 5.32 Å². The molecule has 108 valence electrons. The van der Waals surface area contributed by atoms with Gasteiger partial charge >= 0.3 is 0 Å². The molecule has 0 aliphatic heterocycles. The van der Waals surface area contributed by atoms with Crippen LogP contribution < -0.4 is 5.32 Å². The maximum absolute atomic E-state index is 4.23. The van der Waals surface area contributed by atoms with Crippen molar-refractivity contribution in [3.8, 4) is 0 Å². The molecule has 4 nitrogen and oxygen atoms in total. The molecule has 0 saturated heterocycles. The Balaban J connectivity index is 1.89. The number of nitrogens with one attached hydrogen (secondary N) is 1. The second kappa shape index (κ2) is 7.80. The van der Waals surface area contributed by atoms with Gasteiger partial charge in [-0.3, -0.25) is 9.67 Å². The third-order valence-electron chi connectivity index (χ3n) is 3.43. The molecule has 1 N–H and O–H groups in total. The van der Waals surface area contributed by atoms with Gasteiger partial charge in [0, 0.05) is 31.7 Å². The summed E-state index contributed by atoms with van der Waals surface area (Å²) in [6.07, 6.45) is 12.2. The van der Waals surface area contributed by atoms with Crippen LogP contribution in [0.15, 0.2) is 36.9 Å². The van der Waals surface area contributed by atoms with Gasteiger partial charge in [-0.15, -0.1) is 0 Å². The predicted octanol–water partition coefficient (Wildman–Crippen LogP) is 2.36. The molecule has 0 aliphatic carbocycles. The molecule has 2 rings (SSSR count). The van der Waals surface area contributed by atoms with Gasteiger partial charge in [0.1, 0.15) is 0 Å². The maximum Gasteiger partial charge on any atom is 0.0521 e. The molecular formula is C16H24N4. The fourth-order valence-electron chi connectivity index (χ4n) is 2.37. The summed E-state index contributed by atoms with van der Waals surface area (Å²) in [5, 5.41) is 7.87. The van der Waals surface area contributed by atoms with Crippen molar-refractivity contribution in [1.82, 2.24) is 20.1 Å². The quantitative estimate of drug-likeness (QED) is 0.802. The Labute approximate surface area is 121 Å². The summed E-state index contributed by atoms with van der Waals surface area (Å²) < 4.78 is 1.87. The van der Waals surface area contributed by atoms with Crippen molar-refractivity contribution >= 4 is 0 Å². The van der Waals surface area contributed by atoms with Gasteiger partial charge in [-0.05, 0) is 49.4 Å². The second-order valence-corrected chi connectivity index (χ2v) is 5.28. The SMILES string of the molecule is CCCNC(CCc1cnn(C)c1)Cc1cccnc1. The molecule has 0 aliphatic rings. The zero-order chi connectivity index (χ0) is 14.2. The first kappa shape index (κ1) is 14.7. The summed E-state index contributed by atoms with van der Waals surface area (Å²) in [5.74, 6) is 0. The lowest BCUT2D eigenvalue weighted by Crippen LogP contribution is -2.32. The van der Waals surface area contributed by atoms with Crippen LogP contribution in [-0.2, 0) is 19.9 Å². The first-order valence-corrected chi connectivity index (χ1v) is 7.37. The average molecular weight is 272 g/mol. The molecule has 0 bridgehead atoms. The second-order valence-electron chi connectivity index (χ2n) is 5.28. The lowest BCUT2D eigenvalue weighted by molar-refractivity contribution is 0.477. The molecule has 0 amide bonds. The van der Waals surface area contributed by atoms with E-state index in [4.69, 9.17) is 0 Å². The number of aromatic nitrogens is 3. The van der Waals surface area contributed by atoms with E-state index in [2.05, 4.69) is 34.6 Å². The van der Waals surface area contributed by atoms with Crippen molar-refractivity contribution in [2.75, 3.05) is 6.54 Å². The van der Waals surface area contributed by atoms with Crippen LogP contribution in [0.2, 0.25) is 0 Å². The molecule has 0 spiro atoms. The number of nitrogens with zero attached hydrogens (tertiary/aromatic N) is 3. The van der Waals surface area contributed by atoms with Crippen molar-refractivity contribution < 1.29 is 0 Å². The van der Waals surface area contributed by atoms with Gasteiger partial charge in [0.05, 0.1) is 6.20 Å².